The number of pyridine rings is 1. The molecule has 0 aromatic carbocycles. The number of carbonyl (C=O) groups is 1. The quantitative estimate of drug-likeness (QED) is 0.515. The van der Waals surface area contributed by atoms with Gasteiger partial charge in [-0.3, -0.25) is 4.79 Å². The second-order valence-electron chi connectivity index (χ2n) is 4.79. The summed E-state index contributed by atoms with van der Waals surface area (Å²) in [5.41, 5.74) is 2.69. The maximum atomic E-state index is 11.9. The molecule has 8 heteroatoms. The van der Waals surface area contributed by atoms with Crippen LogP contribution in [-0.4, -0.2) is 36.9 Å². The van der Waals surface area contributed by atoms with Crippen molar-refractivity contribution >= 4 is 21.6 Å². The highest BCUT2D eigenvalue weighted by atomic mass is 32.2. The van der Waals surface area contributed by atoms with Crippen molar-refractivity contribution in [2.24, 2.45) is 5.84 Å². The molecule has 0 spiro atoms. The SMILES string of the molecule is CC(C)(CNC(=O)c1ccnc(NN)c1)S(C)(=O)=O. The average Bonchev–Trinajstić information content (AvgIpc) is 2.34. The predicted molar refractivity (Wildman–Crippen MR) is 73.3 cm³/mol. The molecule has 1 aromatic heterocycles. The van der Waals surface area contributed by atoms with E-state index in [9.17, 15) is 13.2 Å². The smallest absolute Gasteiger partial charge is 0.251 e. The molecule has 0 aliphatic rings. The van der Waals surface area contributed by atoms with Crippen LogP contribution < -0.4 is 16.6 Å². The van der Waals surface area contributed by atoms with E-state index in [-0.39, 0.29) is 12.5 Å². The van der Waals surface area contributed by atoms with E-state index in [1.54, 1.807) is 13.8 Å². The molecule has 0 saturated heterocycles. The second kappa shape index (κ2) is 5.54. The van der Waals surface area contributed by atoms with E-state index in [1.807, 2.05) is 0 Å². The summed E-state index contributed by atoms with van der Waals surface area (Å²) in [5.74, 6) is 5.17. The van der Waals surface area contributed by atoms with Gasteiger partial charge in [0.25, 0.3) is 5.91 Å². The minimum absolute atomic E-state index is 0.0262. The topological polar surface area (TPSA) is 114 Å². The molecule has 0 radical (unpaired) electrons. The first kappa shape index (κ1) is 15.4. The summed E-state index contributed by atoms with van der Waals surface area (Å²) in [5, 5.41) is 2.58. The lowest BCUT2D eigenvalue weighted by atomic mass is 10.2. The van der Waals surface area contributed by atoms with Crippen LogP contribution in [0.4, 0.5) is 5.82 Å². The van der Waals surface area contributed by atoms with Crippen molar-refractivity contribution in [3.05, 3.63) is 23.9 Å². The molecule has 19 heavy (non-hydrogen) atoms. The average molecular weight is 286 g/mol. The third-order valence-electron chi connectivity index (χ3n) is 2.85. The standard InChI is InChI=1S/C11H18N4O3S/c1-11(2,19(3,17)18)7-14-10(16)8-4-5-13-9(6-8)15-12/h4-6H,7,12H2,1-3H3,(H,13,15)(H,14,16). The summed E-state index contributed by atoms with van der Waals surface area (Å²) < 4.78 is 22.0. The number of nitrogen functional groups attached to an aromatic ring is 1. The van der Waals surface area contributed by atoms with E-state index in [0.717, 1.165) is 6.26 Å². The second-order valence-corrected chi connectivity index (χ2v) is 7.44. The molecule has 0 fully saturated rings. The lowest BCUT2D eigenvalue weighted by Crippen LogP contribution is -2.43. The summed E-state index contributed by atoms with van der Waals surface area (Å²) in [4.78, 5) is 15.8. The van der Waals surface area contributed by atoms with Crippen LogP contribution >= 0.6 is 0 Å². The van der Waals surface area contributed by atoms with Crippen molar-refractivity contribution in [3.8, 4) is 0 Å². The molecule has 0 aliphatic heterocycles. The summed E-state index contributed by atoms with van der Waals surface area (Å²) in [7, 11) is -3.25. The first-order chi connectivity index (χ1) is 8.67. The summed E-state index contributed by atoms with van der Waals surface area (Å²) >= 11 is 0. The van der Waals surface area contributed by atoms with Crippen LogP contribution in [-0.2, 0) is 9.84 Å². The number of hydrogen-bond acceptors (Lipinski definition) is 6. The Kier molecular flexibility index (Phi) is 4.48. The highest BCUT2D eigenvalue weighted by molar-refractivity contribution is 7.92. The molecule has 0 atom stereocenters. The van der Waals surface area contributed by atoms with Gasteiger partial charge in [-0.15, -0.1) is 0 Å². The Morgan fingerprint density at radius 3 is 2.63 bits per heavy atom. The van der Waals surface area contributed by atoms with Crippen molar-refractivity contribution in [1.82, 2.24) is 10.3 Å². The van der Waals surface area contributed by atoms with Gasteiger partial charge in [-0.25, -0.2) is 19.2 Å². The van der Waals surface area contributed by atoms with Crippen molar-refractivity contribution in [2.75, 3.05) is 18.2 Å². The number of carbonyl (C=O) groups excluding carboxylic acids is 1. The number of anilines is 1. The van der Waals surface area contributed by atoms with Gasteiger partial charge in [-0.05, 0) is 26.0 Å². The molecule has 0 aliphatic carbocycles. The molecule has 0 bridgehead atoms. The number of nitrogens with zero attached hydrogens (tertiary/aromatic N) is 1. The Balaban J connectivity index is 2.76. The first-order valence-electron chi connectivity index (χ1n) is 5.58. The molecule has 4 N–H and O–H groups in total. The van der Waals surface area contributed by atoms with Gasteiger partial charge in [0.15, 0.2) is 9.84 Å². The number of aromatic nitrogens is 1. The molecule has 1 amide bonds. The Morgan fingerprint density at radius 1 is 1.47 bits per heavy atom. The highest BCUT2D eigenvalue weighted by Crippen LogP contribution is 2.14. The number of amides is 1. The van der Waals surface area contributed by atoms with Gasteiger partial charge < -0.3 is 10.7 Å². The van der Waals surface area contributed by atoms with Gasteiger partial charge in [0.1, 0.15) is 5.82 Å². The largest absolute Gasteiger partial charge is 0.350 e. The Labute approximate surface area is 112 Å². The Morgan fingerprint density at radius 2 is 2.11 bits per heavy atom. The fraction of sp³-hybridized carbons (Fsp3) is 0.455. The fourth-order valence-corrected chi connectivity index (χ4v) is 1.51. The third-order valence-corrected chi connectivity index (χ3v) is 5.00. The van der Waals surface area contributed by atoms with Gasteiger partial charge in [0.05, 0.1) is 4.75 Å². The van der Waals surface area contributed by atoms with Crippen LogP contribution in [0.25, 0.3) is 0 Å². The van der Waals surface area contributed by atoms with Crippen LogP contribution in [0.1, 0.15) is 24.2 Å². The number of hydrogen-bond donors (Lipinski definition) is 3. The van der Waals surface area contributed by atoms with Crippen LogP contribution in [0.3, 0.4) is 0 Å². The van der Waals surface area contributed by atoms with Gasteiger partial charge >= 0.3 is 0 Å². The predicted octanol–water partition coefficient (Wildman–Crippen LogP) is -0.0798. The van der Waals surface area contributed by atoms with Crippen LogP contribution in [0.5, 0.6) is 0 Å². The normalized spacial score (nSPS) is 12.0. The van der Waals surface area contributed by atoms with Gasteiger partial charge in [-0.1, -0.05) is 0 Å². The van der Waals surface area contributed by atoms with E-state index in [1.165, 1.54) is 18.3 Å². The van der Waals surface area contributed by atoms with Gasteiger partial charge in [-0.2, -0.15) is 0 Å². The summed E-state index contributed by atoms with van der Waals surface area (Å²) in [6.45, 7) is 3.14. The maximum absolute atomic E-state index is 11.9. The number of rotatable bonds is 5. The molecule has 1 heterocycles. The van der Waals surface area contributed by atoms with E-state index in [0.29, 0.717) is 11.4 Å². The molecule has 0 saturated carbocycles. The molecular weight excluding hydrogens is 268 g/mol. The number of hydrazine groups is 1. The number of sulfone groups is 1. The molecule has 0 unspecified atom stereocenters. The maximum Gasteiger partial charge on any atom is 0.251 e. The van der Waals surface area contributed by atoms with E-state index >= 15 is 0 Å². The summed E-state index contributed by atoms with van der Waals surface area (Å²) in [6.07, 6.45) is 2.58. The van der Waals surface area contributed by atoms with Crippen LogP contribution in [0, 0.1) is 0 Å². The highest BCUT2D eigenvalue weighted by Gasteiger charge is 2.30. The third kappa shape index (κ3) is 3.90. The molecule has 1 rings (SSSR count). The Bertz CT molecular complexity index is 569. The van der Waals surface area contributed by atoms with Crippen molar-refractivity contribution in [3.63, 3.8) is 0 Å². The minimum atomic E-state index is -3.25. The number of nitrogens with one attached hydrogen (secondary N) is 2. The van der Waals surface area contributed by atoms with Gasteiger partial charge in [0.2, 0.25) is 0 Å². The molecular formula is C11H18N4O3S. The van der Waals surface area contributed by atoms with E-state index in [4.69, 9.17) is 5.84 Å². The van der Waals surface area contributed by atoms with Crippen molar-refractivity contribution in [1.29, 1.82) is 0 Å². The summed E-state index contributed by atoms with van der Waals surface area (Å²) in [6, 6.07) is 2.99. The monoisotopic (exact) mass is 286 g/mol. The molecule has 7 nitrogen and oxygen atoms in total. The first-order valence-corrected chi connectivity index (χ1v) is 7.47. The zero-order valence-electron chi connectivity index (χ0n) is 11.1. The van der Waals surface area contributed by atoms with Crippen molar-refractivity contribution in [2.45, 2.75) is 18.6 Å². The number of nitrogens with two attached hydrogens (primary N) is 1. The molecule has 106 valence electrons. The lowest BCUT2D eigenvalue weighted by molar-refractivity contribution is 0.0950. The zero-order valence-corrected chi connectivity index (χ0v) is 11.9. The Hall–Kier alpha value is -1.67. The minimum Gasteiger partial charge on any atom is -0.350 e. The van der Waals surface area contributed by atoms with E-state index in [2.05, 4.69) is 15.7 Å². The fourth-order valence-electron chi connectivity index (χ4n) is 1.18. The lowest BCUT2D eigenvalue weighted by Gasteiger charge is -2.22. The van der Waals surface area contributed by atoms with Crippen molar-refractivity contribution < 1.29 is 13.2 Å². The van der Waals surface area contributed by atoms with Crippen LogP contribution in [0.2, 0.25) is 0 Å². The van der Waals surface area contributed by atoms with E-state index < -0.39 is 14.6 Å². The molecule has 1 aromatic rings. The van der Waals surface area contributed by atoms with Gasteiger partial charge in [0, 0.05) is 24.6 Å². The van der Waals surface area contributed by atoms with Crippen LogP contribution in [0.15, 0.2) is 18.3 Å². The zero-order chi connectivity index (χ0) is 14.7.